The van der Waals surface area contributed by atoms with E-state index in [2.05, 4.69) is 17.1 Å². The molecule has 0 spiro atoms. The van der Waals surface area contributed by atoms with Gasteiger partial charge in [-0.1, -0.05) is 23.7 Å². The SMILES string of the molecule is CCNC(=NCCOc1ccccc1Cl)N1CCC(OCC2CCCCO2)CC1. The number of likely N-dealkylation sites (tertiary alicyclic amines) is 1. The highest BCUT2D eigenvalue weighted by Gasteiger charge is 2.23. The molecule has 1 N–H and O–H groups in total. The highest BCUT2D eigenvalue weighted by molar-refractivity contribution is 6.32. The highest BCUT2D eigenvalue weighted by Crippen LogP contribution is 2.23. The van der Waals surface area contributed by atoms with Crippen LogP contribution in [0.15, 0.2) is 29.3 Å². The van der Waals surface area contributed by atoms with Crippen molar-refractivity contribution in [3.63, 3.8) is 0 Å². The second-order valence-corrected chi connectivity index (χ2v) is 7.93. The summed E-state index contributed by atoms with van der Waals surface area (Å²) in [6.45, 7) is 7.55. The van der Waals surface area contributed by atoms with Crippen molar-refractivity contribution in [2.24, 2.45) is 4.99 Å². The molecule has 1 aromatic rings. The van der Waals surface area contributed by atoms with Crippen LogP contribution in [0.1, 0.15) is 39.0 Å². The Bertz CT molecular complexity index is 629. The minimum Gasteiger partial charge on any atom is -0.490 e. The van der Waals surface area contributed by atoms with Crippen molar-refractivity contribution in [1.82, 2.24) is 10.2 Å². The van der Waals surface area contributed by atoms with Crippen molar-refractivity contribution in [3.8, 4) is 5.75 Å². The number of piperidine rings is 1. The number of hydrogen-bond donors (Lipinski definition) is 1. The molecule has 3 rings (SSSR count). The van der Waals surface area contributed by atoms with Gasteiger partial charge in [0.25, 0.3) is 0 Å². The zero-order valence-corrected chi connectivity index (χ0v) is 18.2. The summed E-state index contributed by atoms with van der Waals surface area (Å²) in [5.41, 5.74) is 0. The van der Waals surface area contributed by atoms with Crippen LogP contribution in [0, 0.1) is 0 Å². The molecule has 0 bridgehead atoms. The van der Waals surface area contributed by atoms with Gasteiger partial charge >= 0.3 is 0 Å². The summed E-state index contributed by atoms with van der Waals surface area (Å²) >= 11 is 6.12. The van der Waals surface area contributed by atoms with Gasteiger partial charge in [-0.25, -0.2) is 4.99 Å². The minimum atomic E-state index is 0.291. The van der Waals surface area contributed by atoms with E-state index in [1.807, 2.05) is 24.3 Å². The van der Waals surface area contributed by atoms with E-state index in [4.69, 9.17) is 30.8 Å². The van der Waals surface area contributed by atoms with Gasteiger partial charge in [-0.3, -0.25) is 0 Å². The van der Waals surface area contributed by atoms with E-state index >= 15 is 0 Å². The van der Waals surface area contributed by atoms with Gasteiger partial charge in [-0.2, -0.15) is 0 Å². The van der Waals surface area contributed by atoms with Crippen molar-refractivity contribution in [2.75, 3.05) is 46.0 Å². The first-order valence-corrected chi connectivity index (χ1v) is 11.3. The molecule has 2 heterocycles. The molecule has 0 aliphatic carbocycles. The number of guanidine groups is 1. The first-order valence-electron chi connectivity index (χ1n) is 10.9. The second-order valence-electron chi connectivity index (χ2n) is 7.52. The Balaban J connectivity index is 1.39. The summed E-state index contributed by atoms with van der Waals surface area (Å²) in [4.78, 5) is 7.04. The molecular formula is C22H34ClN3O3. The van der Waals surface area contributed by atoms with E-state index in [-0.39, 0.29) is 0 Å². The van der Waals surface area contributed by atoms with Gasteiger partial charge in [0.2, 0.25) is 0 Å². The van der Waals surface area contributed by atoms with E-state index in [9.17, 15) is 0 Å². The van der Waals surface area contributed by atoms with E-state index < -0.39 is 0 Å². The number of para-hydroxylation sites is 1. The third-order valence-corrected chi connectivity index (χ3v) is 5.63. The van der Waals surface area contributed by atoms with Crippen LogP contribution >= 0.6 is 11.6 Å². The van der Waals surface area contributed by atoms with Gasteiger partial charge in [-0.05, 0) is 51.2 Å². The number of rotatable bonds is 8. The summed E-state index contributed by atoms with van der Waals surface area (Å²) in [5, 5.41) is 4.02. The van der Waals surface area contributed by atoms with Crippen LogP contribution < -0.4 is 10.1 Å². The van der Waals surface area contributed by atoms with Gasteiger partial charge in [0, 0.05) is 26.2 Å². The fourth-order valence-corrected chi connectivity index (χ4v) is 3.90. The van der Waals surface area contributed by atoms with Crippen LogP contribution in [0.2, 0.25) is 5.02 Å². The number of aliphatic imine (C=N–C) groups is 1. The maximum atomic E-state index is 6.12. The Hall–Kier alpha value is -1.50. The standard InChI is InChI=1S/C22H34ClN3O3/c1-2-24-22(25-12-16-28-21-9-4-3-8-20(21)23)26-13-10-18(11-14-26)29-17-19-7-5-6-15-27-19/h3-4,8-9,18-19H,2,5-7,10-17H2,1H3,(H,24,25). The van der Waals surface area contributed by atoms with Gasteiger partial charge < -0.3 is 24.4 Å². The fourth-order valence-electron chi connectivity index (χ4n) is 3.71. The van der Waals surface area contributed by atoms with Gasteiger partial charge in [0.1, 0.15) is 12.4 Å². The zero-order chi connectivity index (χ0) is 20.3. The van der Waals surface area contributed by atoms with Crippen LogP contribution in [0.3, 0.4) is 0 Å². The Labute approximate surface area is 179 Å². The minimum absolute atomic E-state index is 0.291. The predicted molar refractivity (Wildman–Crippen MR) is 117 cm³/mol. The largest absolute Gasteiger partial charge is 0.490 e. The van der Waals surface area contributed by atoms with Crippen LogP contribution in [-0.4, -0.2) is 69.1 Å². The van der Waals surface area contributed by atoms with Gasteiger partial charge in [-0.15, -0.1) is 0 Å². The Kier molecular flexibility index (Phi) is 9.38. The smallest absolute Gasteiger partial charge is 0.194 e. The van der Waals surface area contributed by atoms with Crippen molar-refractivity contribution in [1.29, 1.82) is 0 Å². The summed E-state index contributed by atoms with van der Waals surface area (Å²) in [6, 6.07) is 7.52. The molecule has 1 unspecified atom stereocenters. The van der Waals surface area contributed by atoms with E-state index in [1.165, 1.54) is 12.8 Å². The lowest BCUT2D eigenvalue weighted by Crippen LogP contribution is -2.47. The first kappa shape index (κ1) is 22.2. The maximum Gasteiger partial charge on any atom is 0.194 e. The number of benzene rings is 1. The molecule has 0 amide bonds. The topological polar surface area (TPSA) is 55.3 Å². The lowest BCUT2D eigenvalue weighted by Gasteiger charge is -2.35. The third kappa shape index (κ3) is 7.36. The van der Waals surface area contributed by atoms with E-state index in [0.717, 1.165) is 58.1 Å². The lowest BCUT2D eigenvalue weighted by molar-refractivity contribution is -0.0721. The van der Waals surface area contributed by atoms with Crippen LogP contribution in [0.5, 0.6) is 5.75 Å². The quantitative estimate of drug-likeness (QED) is 0.392. The molecule has 29 heavy (non-hydrogen) atoms. The Morgan fingerprint density at radius 3 is 2.79 bits per heavy atom. The number of ether oxygens (including phenoxy) is 3. The maximum absolute atomic E-state index is 6.12. The summed E-state index contributed by atoms with van der Waals surface area (Å²) < 4.78 is 17.6. The summed E-state index contributed by atoms with van der Waals surface area (Å²) in [6.07, 6.45) is 6.23. The normalized spacial score (nSPS) is 21.2. The molecule has 0 aromatic heterocycles. The molecule has 2 aliphatic rings. The van der Waals surface area contributed by atoms with Crippen LogP contribution in [0.25, 0.3) is 0 Å². The number of halogens is 1. The predicted octanol–water partition coefficient (Wildman–Crippen LogP) is 3.73. The van der Waals surface area contributed by atoms with Crippen molar-refractivity contribution >= 4 is 17.6 Å². The van der Waals surface area contributed by atoms with Crippen molar-refractivity contribution in [3.05, 3.63) is 29.3 Å². The van der Waals surface area contributed by atoms with Crippen LogP contribution in [0.4, 0.5) is 0 Å². The Morgan fingerprint density at radius 1 is 1.24 bits per heavy atom. The second kappa shape index (κ2) is 12.3. The molecule has 2 saturated heterocycles. The van der Waals surface area contributed by atoms with Crippen molar-refractivity contribution in [2.45, 2.75) is 51.2 Å². The summed E-state index contributed by atoms with van der Waals surface area (Å²) in [5.74, 6) is 1.65. The molecule has 162 valence electrons. The molecule has 0 saturated carbocycles. The number of hydrogen-bond acceptors (Lipinski definition) is 4. The van der Waals surface area contributed by atoms with Crippen LogP contribution in [-0.2, 0) is 9.47 Å². The molecule has 6 nitrogen and oxygen atoms in total. The molecule has 7 heteroatoms. The average molecular weight is 424 g/mol. The summed E-state index contributed by atoms with van der Waals surface area (Å²) in [7, 11) is 0. The number of nitrogens with zero attached hydrogens (tertiary/aromatic N) is 2. The molecule has 1 aromatic carbocycles. The fraction of sp³-hybridized carbons (Fsp3) is 0.682. The van der Waals surface area contributed by atoms with Gasteiger partial charge in [0.05, 0.1) is 30.4 Å². The third-order valence-electron chi connectivity index (χ3n) is 5.32. The Morgan fingerprint density at radius 2 is 2.07 bits per heavy atom. The highest BCUT2D eigenvalue weighted by atomic mass is 35.5. The number of nitrogens with one attached hydrogen (secondary N) is 1. The molecular weight excluding hydrogens is 390 g/mol. The van der Waals surface area contributed by atoms with E-state index in [1.54, 1.807) is 0 Å². The van der Waals surface area contributed by atoms with Crippen molar-refractivity contribution < 1.29 is 14.2 Å². The molecule has 2 aliphatic heterocycles. The lowest BCUT2D eigenvalue weighted by atomic mass is 10.1. The van der Waals surface area contributed by atoms with Gasteiger partial charge in [0.15, 0.2) is 5.96 Å². The zero-order valence-electron chi connectivity index (χ0n) is 17.4. The van der Waals surface area contributed by atoms with E-state index in [0.29, 0.717) is 36.1 Å². The molecule has 1 atom stereocenters. The average Bonchev–Trinajstić information content (AvgIpc) is 2.77. The molecule has 2 fully saturated rings. The monoisotopic (exact) mass is 423 g/mol. The molecule has 0 radical (unpaired) electrons. The first-order chi connectivity index (χ1) is 14.3.